The standard InChI is InChI=1S/C16H23N3O3.ClH/c1-22-13-6-4-5-12(11-13)14(20)18-9-10-19-15(21)16(17)7-2-3-8-16;/h4-6,11H,2-3,7-10,17H2,1H3,(H,18,20)(H,19,21);1H. The fourth-order valence-electron chi connectivity index (χ4n) is 2.63. The number of nitrogens with two attached hydrogens (primary N) is 1. The van der Waals surface area contributed by atoms with Gasteiger partial charge in [-0.1, -0.05) is 18.9 Å². The third-order valence-corrected chi connectivity index (χ3v) is 3.98. The molecule has 1 fully saturated rings. The first-order valence-electron chi connectivity index (χ1n) is 7.54. The Kier molecular flexibility index (Phi) is 7.32. The van der Waals surface area contributed by atoms with E-state index >= 15 is 0 Å². The van der Waals surface area contributed by atoms with Crippen LogP contribution in [0.25, 0.3) is 0 Å². The summed E-state index contributed by atoms with van der Waals surface area (Å²) in [6.45, 7) is 0.728. The van der Waals surface area contributed by atoms with E-state index in [2.05, 4.69) is 10.6 Å². The Morgan fingerprint density at radius 1 is 1.22 bits per heavy atom. The van der Waals surface area contributed by atoms with Crippen LogP contribution >= 0.6 is 12.4 Å². The van der Waals surface area contributed by atoms with Crippen LogP contribution in [0.3, 0.4) is 0 Å². The Morgan fingerprint density at radius 3 is 2.52 bits per heavy atom. The summed E-state index contributed by atoms with van der Waals surface area (Å²) in [5.74, 6) is 0.310. The lowest BCUT2D eigenvalue weighted by Crippen LogP contribution is -2.53. The lowest BCUT2D eigenvalue weighted by Gasteiger charge is -2.22. The molecule has 0 bridgehead atoms. The molecule has 1 aromatic carbocycles. The molecule has 0 unspecified atom stereocenters. The number of methoxy groups -OCH3 is 1. The highest BCUT2D eigenvalue weighted by molar-refractivity contribution is 5.94. The summed E-state index contributed by atoms with van der Waals surface area (Å²) < 4.78 is 5.08. The van der Waals surface area contributed by atoms with Crippen LogP contribution in [-0.4, -0.2) is 37.6 Å². The molecular formula is C16H24ClN3O3. The molecule has 0 aliphatic heterocycles. The Morgan fingerprint density at radius 2 is 1.87 bits per heavy atom. The van der Waals surface area contributed by atoms with Crippen molar-refractivity contribution in [1.82, 2.24) is 10.6 Å². The number of halogens is 1. The molecule has 1 saturated carbocycles. The monoisotopic (exact) mass is 341 g/mol. The van der Waals surface area contributed by atoms with Crippen molar-refractivity contribution in [2.24, 2.45) is 5.73 Å². The molecule has 2 amide bonds. The van der Waals surface area contributed by atoms with E-state index in [-0.39, 0.29) is 24.2 Å². The molecule has 0 aromatic heterocycles. The minimum absolute atomic E-state index is 0. The van der Waals surface area contributed by atoms with Gasteiger partial charge in [-0.25, -0.2) is 0 Å². The molecule has 0 heterocycles. The summed E-state index contributed by atoms with van der Waals surface area (Å²) >= 11 is 0. The van der Waals surface area contributed by atoms with Crippen molar-refractivity contribution in [1.29, 1.82) is 0 Å². The molecule has 1 aliphatic rings. The average Bonchev–Trinajstić information content (AvgIpc) is 2.99. The first-order valence-corrected chi connectivity index (χ1v) is 7.54. The van der Waals surface area contributed by atoms with Gasteiger partial charge in [-0.15, -0.1) is 12.4 Å². The zero-order chi connectivity index (χ0) is 16.0. The van der Waals surface area contributed by atoms with Crippen molar-refractivity contribution in [3.05, 3.63) is 29.8 Å². The van der Waals surface area contributed by atoms with E-state index < -0.39 is 5.54 Å². The van der Waals surface area contributed by atoms with Gasteiger partial charge in [0.15, 0.2) is 0 Å². The Bertz CT molecular complexity index is 545. The molecule has 2 rings (SSSR count). The second-order valence-corrected chi connectivity index (χ2v) is 5.61. The Hall–Kier alpha value is -1.79. The fraction of sp³-hybridized carbons (Fsp3) is 0.500. The van der Waals surface area contributed by atoms with Gasteiger partial charge in [-0.05, 0) is 31.0 Å². The van der Waals surface area contributed by atoms with Gasteiger partial charge in [-0.2, -0.15) is 0 Å². The van der Waals surface area contributed by atoms with Gasteiger partial charge in [0.05, 0.1) is 12.6 Å². The number of rotatable bonds is 6. The topological polar surface area (TPSA) is 93.5 Å². The van der Waals surface area contributed by atoms with Crippen molar-refractivity contribution >= 4 is 24.2 Å². The van der Waals surface area contributed by atoms with Crippen molar-refractivity contribution in [3.8, 4) is 5.75 Å². The lowest BCUT2D eigenvalue weighted by molar-refractivity contribution is -0.126. The van der Waals surface area contributed by atoms with Crippen molar-refractivity contribution in [2.45, 2.75) is 31.2 Å². The lowest BCUT2D eigenvalue weighted by atomic mass is 9.98. The molecule has 128 valence electrons. The molecule has 0 atom stereocenters. The van der Waals surface area contributed by atoms with Crippen molar-refractivity contribution < 1.29 is 14.3 Å². The van der Waals surface area contributed by atoms with E-state index in [1.165, 1.54) is 0 Å². The number of nitrogens with one attached hydrogen (secondary N) is 2. The summed E-state index contributed by atoms with van der Waals surface area (Å²) in [5.41, 5.74) is 5.85. The van der Waals surface area contributed by atoms with Crippen LogP contribution in [0.4, 0.5) is 0 Å². The number of hydrogen-bond acceptors (Lipinski definition) is 4. The van der Waals surface area contributed by atoms with Gasteiger partial charge in [-0.3, -0.25) is 9.59 Å². The molecule has 7 heteroatoms. The predicted octanol–water partition coefficient (Wildman–Crippen LogP) is 1.23. The highest BCUT2D eigenvalue weighted by Gasteiger charge is 2.36. The fourth-order valence-corrected chi connectivity index (χ4v) is 2.63. The summed E-state index contributed by atoms with van der Waals surface area (Å²) in [4.78, 5) is 24.0. The second kappa shape index (κ2) is 8.74. The average molecular weight is 342 g/mol. The van der Waals surface area contributed by atoms with Gasteiger partial charge >= 0.3 is 0 Å². The molecule has 6 nitrogen and oxygen atoms in total. The molecule has 1 aliphatic carbocycles. The summed E-state index contributed by atoms with van der Waals surface area (Å²) in [7, 11) is 1.55. The first kappa shape index (κ1) is 19.3. The summed E-state index contributed by atoms with van der Waals surface area (Å²) in [5, 5.41) is 5.55. The quantitative estimate of drug-likeness (QED) is 0.678. The minimum Gasteiger partial charge on any atom is -0.497 e. The largest absolute Gasteiger partial charge is 0.497 e. The van der Waals surface area contributed by atoms with Gasteiger partial charge in [0.25, 0.3) is 5.91 Å². The normalized spacial score (nSPS) is 15.4. The zero-order valence-electron chi connectivity index (χ0n) is 13.3. The van der Waals surface area contributed by atoms with E-state index in [1.54, 1.807) is 31.4 Å². The van der Waals surface area contributed by atoms with Crippen LogP contribution < -0.4 is 21.1 Å². The van der Waals surface area contributed by atoms with E-state index in [4.69, 9.17) is 10.5 Å². The molecule has 0 radical (unpaired) electrons. The molecule has 4 N–H and O–H groups in total. The SMILES string of the molecule is COc1cccc(C(=O)NCCNC(=O)C2(N)CCCC2)c1.Cl. The highest BCUT2D eigenvalue weighted by atomic mass is 35.5. The second-order valence-electron chi connectivity index (χ2n) is 5.61. The van der Waals surface area contributed by atoms with E-state index in [1.807, 2.05) is 0 Å². The number of carbonyl (C=O) groups excluding carboxylic acids is 2. The molecule has 0 saturated heterocycles. The summed E-state index contributed by atoms with van der Waals surface area (Å²) in [6, 6.07) is 6.91. The zero-order valence-corrected chi connectivity index (χ0v) is 14.1. The van der Waals surface area contributed by atoms with Crippen LogP contribution in [0.1, 0.15) is 36.0 Å². The highest BCUT2D eigenvalue weighted by Crippen LogP contribution is 2.26. The van der Waals surface area contributed by atoms with Crippen LogP contribution in [0.5, 0.6) is 5.75 Å². The maximum absolute atomic E-state index is 12.0. The Balaban J connectivity index is 0.00000264. The third-order valence-electron chi connectivity index (χ3n) is 3.98. The molecule has 0 spiro atoms. The van der Waals surface area contributed by atoms with Crippen molar-refractivity contribution in [2.75, 3.05) is 20.2 Å². The third kappa shape index (κ3) is 5.11. The van der Waals surface area contributed by atoms with Crippen LogP contribution in [0, 0.1) is 0 Å². The van der Waals surface area contributed by atoms with Gasteiger partial charge in [0.1, 0.15) is 5.75 Å². The van der Waals surface area contributed by atoms with Crippen molar-refractivity contribution in [3.63, 3.8) is 0 Å². The van der Waals surface area contributed by atoms with Gasteiger partial charge < -0.3 is 21.1 Å². The number of carbonyl (C=O) groups is 2. The molecule has 23 heavy (non-hydrogen) atoms. The van der Waals surface area contributed by atoms with E-state index in [0.717, 1.165) is 25.7 Å². The first-order chi connectivity index (χ1) is 10.5. The van der Waals surface area contributed by atoms with Crippen LogP contribution in [-0.2, 0) is 4.79 Å². The van der Waals surface area contributed by atoms with Gasteiger partial charge in [0, 0.05) is 18.7 Å². The number of amides is 2. The number of hydrogen-bond donors (Lipinski definition) is 3. The van der Waals surface area contributed by atoms with Crippen LogP contribution in [0.2, 0.25) is 0 Å². The van der Waals surface area contributed by atoms with Gasteiger partial charge in [0.2, 0.25) is 5.91 Å². The smallest absolute Gasteiger partial charge is 0.251 e. The van der Waals surface area contributed by atoms with E-state index in [9.17, 15) is 9.59 Å². The van der Waals surface area contributed by atoms with Crippen LogP contribution in [0.15, 0.2) is 24.3 Å². The Labute approximate surface area is 142 Å². The maximum atomic E-state index is 12.0. The molecule has 1 aromatic rings. The minimum atomic E-state index is -0.725. The maximum Gasteiger partial charge on any atom is 0.251 e. The number of ether oxygens (including phenoxy) is 1. The number of benzene rings is 1. The predicted molar refractivity (Wildman–Crippen MR) is 91.0 cm³/mol. The summed E-state index contributed by atoms with van der Waals surface area (Å²) in [6.07, 6.45) is 3.46. The molecular weight excluding hydrogens is 318 g/mol. The van der Waals surface area contributed by atoms with E-state index in [0.29, 0.717) is 24.4 Å².